The molecule has 1 aliphatic rings. The molecule has 1 aromatic heterocycles. The smallest absolute Gasteiger partial charge is 0.0702 e. The van der Waals surface area contributed by atoms with E-state index in [1.54, 1.807) is 0 Å². The van der Waals surface area contributed by atoms with Gasteiger partial charge in [-0.15, -0.1) is 0 Å². The molecule has 1 fully saturated rings. The summed E-state index contributed by atoms with van der Waals surface area (Å²) >= 11 is 0. The third-order valence-electron chi connectivity index (χ3n) is 5.68. The molecule has 0 amide bonds. The third kappa shape index (κ3) is 3.80. The Bertz CT molecular complexity index is 1130. The number of hydrogen-bond donors (Lipinski definition) is 0. The molecule has 3 nitrogen and oxygen atoms in total. The molecule has 1 radical (unpaired) electrons. The number of pyridine rings is 1. The Morgan fingerprint density at radius 2 is 1.41 bits per heavy atom. The molecule has 0 atom stereocenters. The molecule has 0 aliphatic carbocycles. The van der Waals surface area contributed by atoms with Crippen molar-refractivity contribution in [2.45, 2.75) is 6.54 Å². The van der Waals surface area contributed by atoms with E-state index in [1.807, 2.05) is 12.3 Å². The molecule has 143 valence electrons. The molecule has 1 aliphatic heterocycles. The zero-order valence-electron chi connectivity index (χ0n) is 16.5. The van der Waals surface area contributed by atoms with Gasteiger partial charge in [0.25, 0.3) is 0 Å². The molecular weight excluding hydrogens is 354 g/mol. The highest BCUT2D eigenvalue weighted by atomic mass is 15.2. The van der Waals surface area contributed by atoms with Gasteiger partial charge in [0.2, 0.25) is 0 Å². The Labute approximate surface area is 172 Å². The summed E-state index contributed by atoms with van der Waals surface area (Å²) in [6.45, 7) is 4.95. The Kier molecular flexibility index (Phi) is 5.08. The molecular formula is C26H24N3. The SMILES string of the molecule is c1ccc(-c2ccccc2-c2cnc3ccccc3c2)c(CN2CC[N]CC2)c1. The lowest BCUT2D eigenvalue weighted by atomic mass is 9.92. The van der Waals surface area contributed by atoms with Crippen molar-refractivity contribution in [3.8, 4) is 22.3 Å². The Morgan fingerprint density at radius 3 is 2.28 bits per heavy atom. The molecule has 1 saturated heterocycles. The lowest BCUT2D eigenvalue weighted by molar-refractivity contribution is 0.231. The van der Waals surface area contributed by atoms with Gasteiger partial charge in [-0.3, -0.25) is 9.88 Å². The number of benzene rings is 3. The number of rotatable bonds is 4. The van der Waals surface area contributed by atoms with Crippen LogP contribution in [0.25, 0.3) is 33.2 Å². The number of piperazine rings is 1. The lowest BCUT2D eigenvalue weighted by Crippen LogP contribution is -2.39. The van der Waals surface area contributed by atoms with Crippen molar-refractivity contribution in [3.63, 3.8) is 0 Å². The third-order valence-corrected chi connectivity index (χ3v) is 5.68. The number of nitrogens with zero attached hydrogens (tertiary/aromatic N) is 3. The average Bonchev–Trinajstić information content (AvgIpc) is 2.80. The summed E-state index contributed by atoms with van der Waals surface area (Å²) in [4.78, 5) is 7.20. The topological polar surface area (TPSA) is 30.2 Å². The van der Waals surface area contributed by atoms with E-state index < -0.39 is 0 Å². The van der Waals surface area contributed by atoms with Crippen molar-refractivity contribution >= 4 is 10.9 Å². The second kappa shape index (κ2) is 8.16. The second-order valence-electron chi connectivity index (χ2n) is 7.57. The van der Waals surface area contributed by atoms with Gasteiger partial charge < -0.3 is 0 Å². The van der Waals surface area contributed by atoms with Gasteiger partial charge in [-0.2, -0.15) is 0 Å². The first-order chi connectivity index (χ1) is 14.4. The standard InChI is InChI=1S/C26H24N3/c1-3-9-23(21(8-1)19-29-15-13-27-14-16-29)25-11-5-4-10-24(25)22-17-20-7-2-6-12-26(20)28-18-22/h1-12,17-18H,13-16,19H2. The predicted octanol–water partition coefficient (Wildman–Crippen LogP) is 4.99. The van der Waals surface area contributed by atoms with E-state index in [4.69, 9.17) is 0 Å². The summed E-state index contributed by atoms with van der Waals surface area (Å²) in [6, 6.07) is 28.0. The molecule has 0 unspecified atom stereocenters. The summed E-state index contributed by atoms with van der Waals surface area (Å²) < 4.78 is 0. The Balaban J connectivity index is 1.57. The van der Waals surface area contributed by atoms with Crippen molar-refractivity contribution in [1.82, 2.24) is 15.2 Å². The van der Waals surface area contributed by atoms with E-state index in [-0.39, 0.29) is 0 Å². The maximum atomic E-state index is 4.69. The first kappa shape index (κ1) is 18.0. The highest BCUT2D eigenvalue weighted by Gasteiger charge is 2.15. The molecule has 2 heterocycles. The van der Waals surface area contributed by atoms with Crippen LogP contribution in [0.2, 0.25) is 0 Å². The van der Waals surface area contributed by atoms with Gasteiger partial charge >= 0.3 is 0 Å². The number of para-hydroxylation sites is 1. The zero-order valence-corrected chi connectivity index (χ0v) is 16.5. The van der Waals surface area contributed by atoms with Crippen molar-refractivity contribution in [3.05, 3.63) is 90.6 Å². The van der Waals surface area contributed by atoms with Gasteiger partial charge in [-0.05, 0) is 34.4 Å². The Hall–Kier alpha value is -3.01. The zero-order chi connectivity index (χ0) is 19.5. The largest absolute Gasteiger partial charge is 0.296 e. The van der Waals surface area contributed by atoms with Gasteiger partial charge in [-0.1, -0.05) is 66.7 Å². The molecule has 5 rings (SSSR count). The molecule has 4 aromatic rings. The van der Waals surface area contributed by atoms with Gasteiger partial charge in [0.1, 0.15) is 0 Å². The van der Waals surface area contributed by atoms with E-state index in [1.165, 1.54) is 27.6 Å². The van der Waals surface area contributed by atoms with E-state index >= 15 is 0 Å². The first-order valence-electron chi connectivity index (χ1n) is 10.3. The van der Waals surface area contributed by atoms with Crippen LogP contribution in [-0.4, -0.2) is 36.1 Å². The summed E-state index contributed by atoms with van der Waals surface area (Å²) in [5, 5.41) is 5.65. The van der Waals surface area contributed by atoms with Crippen LogP contribution in [0.5, 0.6) is 0 Å². The van der Waals surface area contributed by atoms with Crippen LogP contribution in [0.3, 0.4) is 0 Å². The van der Waals surface area contributed by atoms with E-state index in [0.29, 0.717) is 0 Å². The van der Waals surface area contributed by atoms with Gasteiger partial charge in [-0.25, -0.2) is 5.32 Å². The van der Waals surface area contributed by atoms with Gasteiger partial charge in [0, 0.05) is 49.9 Å². The number of aromatic nitrogens is 1. The summed E-state index contributed by atoms with van der Waals surface area (Å²) in [6.07, 6.45) is 2.00. The fourth-order valence-electron chi connectivity index (χ4n) is 4.16. The van der Waals surface area contributed by atoms with Crippen LogP contribution < -0.4 is 5.32 Å². The molecule has 0 saturated carbocycles. The van der Waals surface area contributed by atoms with Crippen LogP contribution in [0, 0.1) is 0 Å². The summed E-state index contributed by atoms with van der Waals surface area (Å²) in [5.74, 6) is 0. The molecule has 3 heteroatoms. The van der Waals surface area contributed by atoms with Crippen LogP contribution in [0.1, 0.15) is 5.56 Å². The second-order valence-corrected chi connectivity index (χ2v) is 7.57. The fourth-order valence-corrected chi connectivity index (χ4v) is 4.16. The molecule has 3 aromatic carbocycles. The van der Waals surface area contributed by atoms with E-state index in [0.717, 1.165) is 43.8 Å². The minimum Gasteiger partial charge on any atom is -0.296 e. The lowest BCUT2D eigenvalue weighted by Gasteiger charge is -2.27. The highest BCUT2D eigenvalue weighted by molar-refractivity contribution is 5.89. The van der Waals surface area contributed by atoms with Gasteiger partial charge in [0.15, 0.2) is 0 Å². The molecule has 0 bridgehead atoms. The van der Waals surface area contributed by atoms with E-state index in [2.05, 4.69) is 88.0 Å². The van der Waals surface area contributed by atoms with Crippen molar-refractivity contribution < 1.29 is 0 Å². The van der Waals surface area contributed by atoms with Crippen LogP contribution in [0.4, 0.5) is 0 Å². The van der Waals surface area contributed by atoms with Crippen molar-refractivity contribution in [1.29, 1.82) is 0 Å². The molecule has 29 heavy (non-hydrogen) atoms. The normalized spacial score (nSPS) is 14.9. The van der Waals surface area contributed by atoms with E-state index in [9.17, 15) is 0 Å². The van der Waals surface area contributed by atoms with Crippen LogP contribution >= 0.6 is 0 Å². The summed E-state index contributed by atoms with van der Waals surface area (Å²) in [7, 11) is 0. The van der Waals surface area contributed by atoms with Crippen LogP contribution in [-0.2, 0) is 6.54 Å². The highest BCUT2D eigenvalue weighted by Crippen LogP contribution is 2.35. The minimum absolute atomic E-state index is 0.946. The van der Waals surface area contributed by atoms with Crippen LogP contribution in [0.15, 0.2) is 85.1 Å². The average molecular weight is 378 g/mol. The molecule has 0 spiro atoms. The van der Waals surface area contributed by atoms with Gasteiger partial charge in [0.05, 0.1) is 5.52 Å². The number of fused-ring (bicyclic) bond motifs is 1. The monoisotopic (exact) mass is 378 g/mol. The number of hydrogen-bond acceptors (Lipinski definition) is 2. The minimum atomic E-state index is 0.946. The predicted molar refractivity (Wildman–Crippen MR) is 120 cm³/mol. The molecule has 0 N–H and O–H groups in total. The maximum Gasteiger partial charge on any atom is 0.0702 e. The Morgan fingerprint density at radius 1 is 0.724 bits per heavy atom. The quantitative estimate of drug-likeness (QED) is 0.501. The fraction of sp³-hybridized carbons (Fsp3) is 0.192. The first-order valence-corrected chi connectivity index (χ1v) is 10.3. The van der Waals surface area contributed by atoms with Crippen molar-refractivity contribution in [2.75, 3.05) is 26.2 Å². The maximum absolute atomic E-state index is 4.69. The van der Waals surface area contributed by atoms with Crippen molar-refractivity contribution in [2.24, 2.45) is 0 Å². The summed E-state index contributed by atoms with van der Waals surface area (Å²) in [5.41, 5.74) is 7.36.